The summed E-state index contributed by atoms with van der Waals surface area (Å²) in [7, 11) is 0. The van der Waals surface area contributed by atoms with Crippen LogP contribution in [-0.4, -0.2) is 18.3 Å². The highest BCUT2D eigenvalue weighted by Crippen LogP contribution is 2.32. The average Bonchev–Trinajstić information content (AvgIpc) is 2.68. The third-order valence-corrected chi connectivity index (χ3v) is 4.16. The predicted molar refractivity (Wildman–Crippen MR) is 71.1 cm³/mol. The van der Waals surface area contributed by atoms with Gasteiger partial charge in [-0.2, -0.15) is 0 Å². The summed E-state index contributed by atoms with van der Waals surface area (Å²) in [6.07, 6.45) is 1.09. The first-order valence-electron chi connectivity index (χ1n) is 5.93. The molecule has 1 atom stereocenters. The van der Waals surface area contributed by atoms with Gasteiger partial charge in [0.25, 0.3) is 0 Å². The van der Waals surface area contributed by atoms with Gasteiger partial charge in [-0.1, -0.05) is 27.7 Å². The maximum absolute atomic E-state index is 9.36. The van der Waals surface area contributed by atoms with Crippen LogP contribution in [0.5, 0.6) is 0 Å². The minimum atomic E-state index is 0.0982. The lowest BCUT2D eigenvalue weighted by atomic mass is 9.95. The van der Waals surface area contributed by atoms with Crippen molar-refractivity contribution in [1.82, 2.24) is 5.32 Å². The van der Waals surface area contributed by atoms with E-state index in [-0.39, 0.29) is 18.1 Å². The Bertz CT molecular complexity index is 314. The van der Waals surface area contributed by atoms with E-state index in [0.29, 0.717) is 0 Å². The van der Waals surface area contributed by atoms with E-state index in [1.165, 1.54) is 9.75 Å². The van der Waals surface area contributed by atoms with Crippen molar-refractivity contribution in [2.45, 2.75) is 45.6 Å². The molecule has 1 heterocycles. The summed E-state index contributed by atoms with van der Waals surface area (Å²) < 4.78 is 0. The molecule has 1 rings (SSSR count). The fraction of sp³-hybridized carbons (Fsp3) is 0.692. The lowest BCUT2D eigenvalue weighted by molar-refractivity contribution is 0.247. The van der Waals surface area contributed by atoms with Gasteiger partial charge in [-0.25, -0.2) is 0 Å². The molecule has 0 spiro atoms. The molecule has 0 aliphatic rings. The van der Waals surface area contributed by atoms with Gasteiger partial charge in [0.1, 0.15) is 0 Å². The van der Waals surface area contributed by atoms with Crippen LogP contribution in [0.2, 0.25) is 0 Å². The summed E-state index contributed by atoms with van der Waals surface area (Å²) in [4.78, 5) is 2.61. The largest absolute Gasteiger partial charge is 0.394 e. The van der Waals surface area contributed by atoms with E-state index >= 15 is 0 Å². The Balaban J connectivity index is 2.75. The summed E-state index contributed by atoms with van der Waals surface area (Å²) in [5, 5.41) is 12.7. The standard InChI is InChI=1S/C13H23NOS/c1-5-8-14-10(9-15)11-6-7-12(16-11)13(2,3)4/h6-7,10,14-15H,5,8-9H2,1-4H3. The molecule has 0 aliphatic heterocycles. The SMILES string of the molecule is CCCNC(CO)c1ccc(C(C)(C)C)s1. The zero-order valence-corrected chi connectivity index (χ0v) is 11.5. The number of rotatable bonds is 5. The predicted octanol–water partition coefficient (Wildman–Crippen LogP) is 3.08. The van der Waals surface area contributed by atoms with Crippen molar-refractivity contribution in [2.75, 3.05) is 13.2 Å². The van der Waals surface area contributed by atoms with Crippen LogP contribution in [0.25, 0.3) is 0 Å². The summed E-state index contributed by atoms with van der Waals surface area (Å²) in [5.74, 6) is 0. The molecular weight excluding hydrogens is 218 g/mol. The van der Waals surface area contributed by atoms with E-state index in [2.05, 4.69) is 45.1 Å². The van der Waals surface area contributed by atoms with E-state index in [1.807, 2.05) is 0 Å². The van der Waals surface area contributed by atoms with E-state index in [0.717, 1.165) is 13.0 Å². The summed E-state index contributed by atoms with van der Waals surface area (Å²) in [5.41, 5.74) is 0.202. The highest BCUT2D eigenvalue weighted by atomic mass is 32.1. The van der Waals surface area contributed by atoms with Gasteiger partial charge >= 0.3 is 0 Å². The average molecular weight is 241 g/mol. The molecule has 0 fully saturated rings. The fourth-order valence-corrected chi connectivity index (χ4v) is 2.65. The Kier molecular flexibility index (Phi) is 4.96. The Hall–Kier alpha value is -0.380. The molecular formula is C13H23NOS. The molecule has 0 aromatic carbocycles. The highest BCUT2D eigenvalue weighted by Gasteiger charge is 2.19. The molecule has 92 valence electrons. The number of thiophene rings is 1. The maximum atomic E-state index is 9.36. The van der Waals surface area contributed by atoms with Gasteiger partial charge in [0.15, 0.2) is 0 Å². The van der Waals surface area contributed by atoms with Crippen LogP contribution in [-0.2, 0) is 5.41 Å². The summed E-state index contributed by atoms with van der Waals surface area (Å²) in [6.45, 7) is 9.91. The van der Waals surface area contributed by atoms with Crippen molar-refractivity contribution in [3.63, 3.8) is 0 Å². The number of hydrogen-bond donors (Lipinski definition) is 2. The summed E-state index contributed by atoms with van der Waals surface area (Å²) >= 11 is 1.80. The molecule has 0 bridgehead atoms. The first-order valence-corrected chi connectivity index (χ1v) is 6.75. The monoisotopic (exact) mass is 241 g/mol. The maximum Gasteiger partial charge on any atom is 0.0649 e. The molecule has 2 N–H and O–H groups in total. The minimum absolute atomic E-state index is 0.0982. The first kappa shape index (κ1) is 13.7. The third kappa shape index (κ3) is 3.58. The first-order chi connectivity index (χ1) is 7.49. The number of nitrogens with one attached hydrogen (secondary N) is 1. The number of aliphatic hydroxyl groups is 1. The summed E-state index contributed by atoms with van der Waals surface area (Å²) in [6, 6.07) is 4.41. The van der Waals surface area contributed by atoms with Crippen LogP contribution in [0.1, 0.15) is 49.9 Å². The third-order valence-electron chi connectivity index (χ3n) is 2.53. The normalized spacial score (nSPS) is 14.1. The second kappa shape index (κ2) is 5.80. The van der Waals surface area contributed by atoms with Gasteiger partial charge in [0.2, 0.25) is 0 Å². The molecule has 1 unspecified atom stereocenters. The molecule has 0 saturated heterocycles. The van der Waals surface area contributed by atoms with Gasteiger partial charge < -0.3 is 10.4 Å². The van der Waals surface area contributed by atoms with E-state index in [4.69, 9.17) is 0 Å². The van der Waals surface area contributed by atoms with Gasteiger partial charge in [-0.3, -0.25) is 0 Å². The lowest BCUT2D eigenvalue weighted by Crippen LogP contribution is -2.24. The van der Waals surface area contributed by atoms with Crippen molar-refractivity contribution in [3.05, 3.63) is 21.9 Å². The smallest absolute Gasteiger partial charge is 0.0649 e. The molecule has 0 radical (unpaired) electrons. The molecule has 0 aliphatic carbocycles. The Morgan fingerprint density at radius 1 is 1.38 bits per heavy atom. The zero-order valence-electron chi connectivity index (χ0n) is 10.7. The van der Waals surface area contributed by atoms with Crippen LogP contribution in [0.4, 0.5) is 0 Å². The van der Waals surface area contributed by atoms with Crippen LogP contribution in [0, 0.1) is 0 Å². The van der Waals surface area contributed by atoms with Gasteiger partial charge in [-0.05, 0) is 30.5 Å². The number of aliphatic hydroxyl groups excluding tert-OH is 1. The molecule has 0 amide bonds. The lowest BCUT2D eigenvalue weighted by Gasteiger charge is -2.17. The van der Waals surface area contributed by atoms with Crippen LogP contribution < -0.4 is 5.32 Å². The molecule has 16 heavy (non-hydrogen) atoms. The molecule has 2 nitrogen and oxygen atoms in total. The van der Waals surface area contributed by atoms with Crippen LogP contribution >= 0.6 is 11.3 Å². The van der Waals surface area contributed by atoms with Crippen LogP contribution in [0.3, 0.4) is 0 Å². The Morgan fingerprint density at radius 2 is 2.06 bits per heavy atom. The second-order valence-electron chi connectivity index (χ2n) is 5.14. The zero-order chi connectivity index (χ0) is 12.2. The molecule has 0 saturated carbocycles. The highest BCUT2D eigenvalue weighted by molar-refractivity contribution is 7.12. The Morgan fingerprint density at radius 3 is 2.50 bits per heavy atom. The van der Waals surface area contributed by atoms with Crippen molar-refractivity contribution < 1.29 is 5.11 Å². The fourth-order valence-electron chi connectivity index (χ4n) is 1.52. The van der Waals surface area contributed by atoms with Crippen molar-refractivity contribution >= 4 is 11.3 Å². The second-order valence-corrected chi connectivity index (χ2v) is 6.26. The van der Waals surface area contributed by atoms with Gasteiger partial charge in [0.05, 0.1) is 12.6 Å². The van der Waals surface area contributed by atoms with Crippen molar-refractivity contribution in [3.8, 4) is 0 Å². The quantitative estimate of drug-likeness (QED) is 0.830. The van der Waals surface area contributed by atoms with Crippen molar-refractivity contribution in [2.24, 2.45) is 0 Å². The van der Waals surface area contributed by atoms with Gasteiger partial charge in [-0.15, -0.1) is 11.3 Å². The molecule has 1 aromatic rings. The Labute approximate surface area is 103 Å². The van der Waals surface area contributed by atoms with Gasteiger partial charge in [0, 0.05) is 9.75 Å². The molecule has 1 aromatic heterocycles. The topological polar surface area (TPSA) is 32.3 Å². The molecule has 3 heteroatoms. The van der Waals surface area contributed by atoms with E-state index in [1.54, 1.807) is 11.3 Å². The van der Waals surface area contributed by atoms with Crippen molar-refractivity contribution in [1.29, 1.82) is 0 Å². The van der Waals surface area contributed by atoms with E-state index < -0.39 is 0 Å². The van der Waals surface area contributed by atoms with Crippen LogP contribution in [0.15, 0.2) is 12.1 Å². The number of hydrogen-bond acceptors (Lipinski definition) is 3. The minimum Gasteiger partial charge on any atom is -0.394 e. The van der Waals surface area contributed by atoms with E-state index in [9.17, 15) is 5.11 Å².